The number of hydrogen-bond donors (Lipinski definition) is 1. The number of amides is 1. The first-order valence-electron chi connectivity index (χ1n) is 8.60. The minimum atomic E-state index is 0.126. The molecule has 130 valence electrons. The van der Waals surface area contributed by atoms with E-state index in [9.17, 15) is 4.79 Å². The van der Waals surface area contributed by atoms with Gasteiger partial charge < -0.3 is 14.8 Å². The van der Waals surface area contributed by atoms with Gasteiger partial charge in [0, 0.05) is 47.7 Å². The van der Waals surface area contributed by atoms with Crippen molar-refractivity contribution in [2.75, 3.05) is 31.1 Å². The topological polar surface area (TPSA) is 52.2 Å². The smallest absolute Gasteiger partial charge is 0.256 e. The molecule has 1 aromatic carbocycles. The zero-order chi connectivity index (χ0) is 17.6. The first kappa shape index (κ1) is 16.1. The van der Waals surface area contributed by atoms with Crippen molar-refractivity contribution in [3.63, 3.8) is 0 Å². The van der Waals surface area contributed by atoms with E-state index in [-0.39, 0.29) is 5.91 Å². The Morgan fingerprint density at radius 2 is 1.84 bits per heavy atom. The zero-order valence-electron chi connectivity index (χ0n) is 14.8. The fourth-order valence-corrected chi connectivity index (χ4v) is 4.36. The van der Waals surface area contributed by atoms with Crippen LogP contribution in [0.3, 0.4) is 0 Å². The Morgan fingerprint density at radius 3 is 2.52 bits per heavy atom. The van der Waals surface area contributed by atoms with E-state index in [0.717, 1.165) is 59.2 Å². The number of nitrogens with one attached hydrogen (secondary N) is 1. The molecule has 6 heteroatoms. The number of hydrogen-bond acceptors (Lipinski definition) is 4. The van der Waals surface area contributed by atoms with Crippen LogP contribution in [0, 0.1) is 20.8 Å². The van der Waals surface area contributed by atoms with E-state index in [1.807, 2.05) is 36.1 Å². The number of carbonyl (C=O) groups excluding carboxylic acids is 1. The number of aromatic amines is 1. The van der Waals surface area contributed by atoms with Crippen molar-refractivity contribution in [2.45, 2.75) is 20.8 Å². The predicted molar refractivity (Wildman–Crippen MR) is 103 cm³/mol. The standard InChI is InChI=1S/C19H22N4OS/c1-12-14(3)25-19(21-12)23-10-8-22(9-11-23)18(24)17-13(2)20-16-7-5-4-6-15(16)17/h4-7,20H,8-11H2,1-3H3. The minimum Gasteiger partial charge on any atom is -0.358 e. The molecule has 3 aromatic rings. The highest BCUT2D eigenvalue weighted by molar-refractivity contribution is 7.15. The van der Waals surface area contributed by atoms with Gasteiger partial charge in [-0.3, -0.25) is 4.79 Å². The fourth-order valence-electron chi connectivity index (χ4n) is 3.40. The van der Waals surface area contributed by atoms with Gasteiger partial charge in [0.25, 0.3) is 5.91 Å². The highest BCUT2D eigenvalue weighted by atomic mass is 32.1. The summed E-state index contributed by atoms with van der Waals surface area (Å²) in [4.78, 5) is 26.6. The molecule has 4 rings (SSSR count). The molecule has 1 saturated heterocycles. The molecule has 0 saturated carbocycles. The van der Waals surface area contributed by atoms with Gasteiger partial charge in [-0.25, -0.2) is 4.98 Å². The van der Waals surface area contributed by atoms with Crippen molar-refractivity contribution in [1.82, 2.24) is 14.9 Å². The number of thiazole rings is 1. The van der Waals surface area contributed by atoms with E-state index in [4.69, 9.17) is 0 Å². The van der Waals surface area contributed by atoms with Crippen LogP contribution in [0.4, 0.5) is 5.13 Å². The number of piperazine rings is 1. The summed E-state index contributed by atoms with van der Waals surface area (Å²) in [5.41, 5.74) is 3.88. The number of rotatable bonds is 2. The summed E-state index contributed by atoms with van der Waals surface area (Å²) in [6.45, 7) is 9.26. The molecule has 0 bridgehead atoms. The van der Waals surface area contributed by atoms with E-state index >= 15 is 0 Å². The number of H-pyrrole nitrogens is 1. The predicted octanol–water partition coefficient (Wildman–Crippen LogP) is 3.51. The van der Waals surface area contributed by atoms with Gasteiger partial charge in [0.1, 0.15) is 0 Å². The van der Waals surface area contributed by atoms with Crippen molar-refractivity contribution in [1.29, 1.82) is 0 Å². The van der Waals surface area contributed by atoms with Crippen molar-refractivity contribution in [3.05, 3.63) is 46.1 Å². The van der Waals surface area contributed by atoms with E-state index in [1.165, 1.54) is 4.88 Å². The fraction of sp³-hybridized carbons (Fsp3) is 0.368. The monoisotopic (exact) mass is 354 g/mol. The number of carbonyl (C=O) groups is 1. The summed E-state index contributed by atoms with van der Waals surface area (Å²) >= 11 is 1.74. The van der Waals surface area contributed by atoms with Crippen LogP contribution in [-0.2, 0) is 0 Å². The second-order valence-corrected chi connectivity index (χ2v) is 7.77. The van der Waals surface area contributed by atoms with Gasteiger partial charge in [-0.15, -0.1) is 11.3 Å². The molecule has 5 nitrogen and oxygen atoms in total. The highest BCUT2D eigenvalue weighted by Crippen LogP contribution is 2.27. The van der Waals surface area contributed by atoms with E-state index in [1.54, 1.807) is 11.3 Å². The number of fused-ring (bicyclic) bond motifs is 1. The Balaban J connectivity index is 1.52. The van der Waals surface area contributed by atoms with Gasteiger partial charge in [0.05, 0.1) is 11.3 Å². The molecule has 0 aliphatic carbocycles. The maximum absolute atomic E-state index is 13.1. The van der Waals surface area contributed by atoms with Gasteiger partial charge in [0.15, 0.2) is 5.13 Å². The third-order valence-electron chi connectivity index (χ3n) is 4.96. The molecule has 1 aliphatic heterocycles. The molecule has 1 aliphatic rings. The lowest BCUT2D eigenvalue weighted by Gasteiger charge is -2.34. The van der Waals surface area contributed by atoms with Crippen LogP contribution in [0.25, 0.3) is 10.9 Å². The van der Waals surface area contributed by atoms with Crippen molar-refractivity contribution >= 4 is 33.3 Å². The average molecular weight is 354 g/mol. The molecule has 0 spiro atoms. The number of aryl methyl sites for hydroxylation is 3. The van der Waals surface area contributed by atoms with Crippen LogP contribution >= 0.6 is 11.3 Å². The maximum atomic E-state index is 13.1. The Morgan fingerprint density at radius 1 is 1.12 bits per heavy atom. The minimum absolute atomic E-state index is 0.126. The Bertz CT molecular complexity index is 915. The third kappa shape index (κ3) is 2.80. The highest BCUT2D eigenvalue weighted by Gasteiger charge is 2.26. The van der Waals surface area contributed by atoms with E-state index in [0.29, 0.717) is 0 Å². The quantitative estimate of drug-likeness (QED) is 0.766. The molecule has 0 unspecified atom stereocenters. The lowest BCUT2D eigenvalue weighted by molar-refractivity contribution is 0.0748. The van der Waals surface area contributed by atoms with Crippen molar-refractivity contribution < 1.29 is 4.79 Å². The van der Waals surface area contributed by atoms with Gasteiger partial charge in [-0.2, -0.15) is 0 Å². The Kier molecular flexibility index (Phi) is 4.00. The summed E-state index contributed by atoms with van der Waals surface area (Å²) in [6.07, 6.45) is 0. The van der Waals surface area contributed by atoms with Gasteiger partial charge in [-0.05, 0) is 26.8 Å². The van der Waals surface area contributed by atoms with Crippen LogP contribution in [0.15, 0.2) is 24.3 Å². The molecule has 2 aromatic heterocycles. The van der Waals surface area contributed by atoms with Crippen LogP contribution in [0.2, 0.25) is 0 Å². The summed E-state index contributed by atoms with van der Waals surface area (Å²) in [6, 6.07) is 8.01. The largest absolute Gasteiger partial charge is 0.358 e. The Hall–Kier alpha value is -2.34. The summed E-state index contributed by atoms with van der Waals surface area (Å²) in [5.74, 6) is 0.126. The molecular weight excluding hydrogens is 332 g/mol. The number of nitrogens with zero attached hydrogens (tertiary/aromatic N) is 3. The number of aromatic nitrogens is 2. The average Bonchev–Trinajstić information content (AvgIpc) is 3.13. The van der Waals surface area contributed by atoms with Crippen LogP contribution in [0.5, 0.6) is 0 Å². The molecule has 1 N–H and O–H groups in total. The lowest BCUT2D eigenvalue weighted by atomic mass is 10.1. The van der Waals surface area contributed by atoms with E-state index in [2.05, 4.69) is 28.7 Å². The summed E-state index contributed by atoms with van der Waals surface area (Å²) < 4.78 is 0. The molecular formula is C19H22N4OS. The van der Waals surface area contributed by atoms with Crippen molar-refractivity contribution in [2.24, 2.45) is 0 Å². The zero-order valence-corrected chi connectivity index (χ0v) is 15.6. The molecule has 0 atom stereocenters. The molecule has 0 radical (unpaired) electrons. The number of para-hydroxylation sites is 1. The normalized spacial score (nSPS) is 15.2. The van der Waals surface area contributed by atoms with Gasteiger partial charge in [0.2, 0.25) is 0 Å². The lowest BCUT2D eigenvalue weighted by Crippen LogP contribution is -2.48. The van der Waals surface area contributed by atoms with E-state index < -0.39 is 0 Å². The number of anilines is 1. The van der Waals surface area contributed by atoms with Crippen LogP contribution < -0.4 is 4.90 Å². The molecule has 1 fully saturated rings. The second kappa shape index (κ2) is 6.19. The van der Waals surface area contributed by atoms with Crippen LogP contribution in [0.1, 0.15) is 26.6 Å². The molecule has 1 amide bonds. The van der Waals surface area contributed by atoms with Gasteiger partial charge >= 0.3 is 0 Å². The van der Waals surface area contributed by atoms with Crippen LogP contribution in [-0.4, -0.2) is 47.0 Å². The maximum Gasteiger partial charge on any atom is 0.256 e. The number of benzene rings is 1. The third-order valence-corrected chi connectivity index (χ3v) is 6.10. The SMILES string of the molecule is Cc1nc(N2CCN(C(=O)c3c(C)[nH]c4ccccc34)CC2)sc1C. The first-order chi connectivity index (χ1) is 12.0. The Labute approximate surface area is 151 Å². The molecule has 3 heterocycles. The summed E-state index contributed by atoms with van der Waals surface area (Å²) in [5, 5.41) is 2.09. The second-order valence-electron chi connectivity index (χ2n) is 6.59. The molecule has 25 heavy (non-hydrogen) atoms. The summed E-state index contributed by atoms with van der Waals surface area (Å²) in [7, 11) is 0. The van der Waals surface area contributed by atoms with Crippen molar-refractivity contribution in [3.8, 4) is 0 Å². The first-order valence-corrected chi connectivity index (χ1v) is 9.42. The van der Waals surface area contributed by atoms with Gasteiger partial charge in [-0.1, -0.05) is 18.2 Å².